The number of halogens is 1. The normalized spacial score (nSPS) is 25.7. The van der Waals surface area contributed by atoms with E-state index in [4.69, 9.17) is 4.99 Å². The second-order valence-corrected chi connectivity index (χ2v) is 7.89. The van der Waals surface area contributed by atoms with Crippen LogP contribution in [0.2, 0.25) is 0 Å². The molecule has 24 heavy (non-hydrogen) atoms. The highest BCUT2D eigenvalue weighted by Crippen LogP contribution is 2.49. The number of nitrogens with zero attached hydrogens (tertiary/aromatic N) is 3. The lowest BCUT2D eigenvalue weighted by Gasteiger charge is -2.32. The summed E-state index contributed by atoms with van der Waals surface area (Å²) in [5.41, 5.74) is 2.14. The minimum atomic E-state index is -0.0144. The summed E-state index contributed by atoms with van der Waals surface area (Å²) in [7, 11) is 0. The summed E-state index contributed by atoms with van der Waals surface area (Å²) in [4.78, 5) is 12.0. The maximum atomic E-state index is 9.85. The second-order valence-electron chi connectivity index (χ2n) is 6.05. The molecule has 0 bridgehead atoms. The van der Waals surface area contributed by atoms with Gasteiger partial charge in [0.15, 0.2) is 5.17 Å². The number of benzene rings is 1. The number of aromatic hydroxyl groups is 1. The number of rotatable bonds is 3. The molecule has 2 aliphatic heterocycles. The van der Waals surface area contributed by atoms with Crippen LogP contribution in [0.15, 0.2) is 52.1 Å². The summed E-state index contributed by atoms with van der Waals surface area (Å²) < 4.78 is 0.716. The number of phenolic OH excluding ortho intramolecular Hbond substituents is 1. The van der Waals surface area contributed by atoms with E-state index in [0.29, 0.717) is 10.5 Å². The largest absolute Gasteiger partial charge is 0.507 e. The van der Waals surface area contributed by atoms with E-state index >= 15 is 0 Å². The number of phenols is 1. The van der Waals surface area contributed by atoms with E-state index in [1.807, 2.05) is 48.3 Å². The minimum absolute atomic E-state index is 0.0144. The summed E-state index contributed by atoms with van der Waals surface area (Å²) in [6.45, 7) is 2.23. The predicted molar refractivity (Wildman–Crippen MR) is 101 cm³/mol. The molecule has 4 nitrogen and oxygen atoms in total. The van der Waals surface area contributed by atoms with Gasteiger partial charge in [-0.15, -0.1) is 0 Å². The molecule has 6 heteroatoms. The molecule has 1 aromatic carbocycles. The Labute approximate surface area is 154 Å². The van der Waals surface area contributed by atoms with Crippen molar-refractivity contribution in [3.05, 3.63) is 58.3 Å². The molecule has 3 heterocycles. The molecule has 2 aliphatic rings. The number of aliphatic imine (C=N–C) groups is 1. The Balaban J connectivity index is 1.80. The van der Waals surface area contributed by atoms with Gasteiger partial charge in [0.2, 0.25) is 0 Å². The van der Waals surface area contributed by atoms with Crippen molar-refractivity contribution in [3.63, 3.8) is 0 Å². The zero-order chi connectivity index (χ0) is 16.7. The zero-order valence-electron chi connectivity index (χ0n) is 13.3. The van der Waals surface area contributed by atoms with E-state index in [0.717, 1.165) is 28.6 Å². The highest BCUT2D eigenvalue weighted by atomic mass is 79.9. The molecule has 0 spiro atoms. The Morgan fingerprint density at radius 1 is 1.33 bits per heavy atom. The van der Waals surface area contributed by atoms with Gasteiger partial charge in [-0.25, -0.2) is 0 Å². The number of pyridine rings is 1. The first-order valence-electron chi connectivity index (χ1n) is 8.07. The van der Waals surface area contributed by atoms with Gasteiger partial charge in [0.25, 0.3) is 0 Å². The third kappa shape index (κ3) is 2.62. The molecule has 0 saturated carbocycles. The molecule has 0 amide bonds. The van der Waals surface area contributed by atoms with Crippen LogP contribution in [0, 0.1) is 0 Å². The van der Waals surface area contributed by atoms with Crippen molar-refractivity contribution < 1.29 is 5.11 Å². The highest BCUT2D eigenvalue weighted by molar-refractivity contribution is 9.10. The topological polar surface area (TPSA) is 48.7 Å². The van der Waals surface area contributed by atoms with E-state index in [9.17, 15) is 5.11 Å². The van der Waals surface area contributed by atoms with Crippen molar-refractivity contribution >= 4 is 32.9 Å². The first-order chi connectivity index (χ1) is 11.7. The molecular weight excluding hydrogens is 386 g/mol. The van der Waals surface area contributed by atoms with Crippen LogP contribution < -0.4 is 0 Å². The van der Waals surface area contributed by atoms with E-state index < -0.39 is 0 Å². The molecule has 1 aromatic heterocycles. The van der Waals surface area contributed by atoms with Crippen molar-refractivity contribution in [2.75, 3.05) is 5.75 Å². The average Bonchev–Trinajstić information content (AvgIpc) is 3.17. The summed E-state index contributed by atoms with van der Waals surface area (Å²) in [6, 6.07) is 12.3. The van der Waals surface area contributed by atoms with Gasteiger partial charge in [-0.3, -0.25) is 9.98 Å². The van der Waals surface area contributed by atoms with Crippen molar-refractivity contribution in [1.82, 2.24) is 9.88 Å². The van der Waals surface area contributed by atoms with Crippen LogP contribution in [0.25, 0.3) is 0 Å². The van der Waals surface area contributed by atoms with E-state index in [1.165, 1.54) is 0 Å². The van der Waals surface area contributed by atoms with Gasteiger partial charge in [-0.1, -0.05) is 30.8 Å². The maximum Gasteiger partial charge on any atom is 0.160 e. The summed E-state index contributed by atoms with van der Waals surface area (Å²) in [5, 5.41) is 11.0. The van der Waals surface area contributed by atoms with Gasteiger partial charge < -0.3 is 10.0 Å². The minimum Gasteiger partial charge on any atom is -0.507 e. The van der Waals surface area contributed by atoms with Crippen LogP contribution in [0.5, 0.6) is 5.75 Å². The number of amidine groups is 1. The van der Waals surface area contributed by atoms with E-state index in [1.54, 1.807) is 6.07 Å². The standard InChI is InChI=1S/C18H18BrN3OS/c1-2-12-10-24-18-21-16(14-5-3-4-8-20-14)17(22(12)18)11-6-7-15(23)13(19)9-11/h3-9,12,16-17,23H,2,10H2,1H3/t12-,16+,17-/m1/s1. The Hall–Kier alpha value is -1.53. The lowest BCUT2D eigenvalue weighted by atomic mass is 9.95. The van der Waals surface area contributed by atoms with Crippen molar-refractivity contribution in [2.45, 2.75) is 31.5 Å². The summed E-state index contributed by atoms with van der Waals surface area (Å²) in [5.74, 6) is 1.34. The molecule has 0 aliphatic carbocycles. The fourth-order valence-corrected chi connectivity index (χ4v) is 5.15. The van der Waals surface area contributed by atoms with Crippen LogP contribution in [-0.2, 0) is 0 Å². The maximum absolute atomic E-state index is 9.85. The lowest BCUT2D eigenvalue weighted by molar-refractivity contribution is 0.255. The molecule has 124 valence electrons. The fraction of sp³-hybridized carbons (Fsp3) is 0.333. The first-order valence-corrected chi connectivity index (χ1v) is 9.85. The molecule has 4 rings (SSSR count). The number of aromatic nitrogens is 1. The molecule has 1 fully saturated rings. The van der Waals surface area contributed by atoms with Gasteiger partial charge in [0, 0.05) is 18.0 Å². The van der Waals surface area contributed by atoms with Gasteiger partial charge in [-0.05, 0) is 52.2 Å². The molecule has 1 N–H and O–H groups in total. The number of fused-ring (bicyclic) bond motifs is 1. The Morgan fingerprint density at radius 3 is 2.92 bits per heavy atom. The Bertz CT molecular complexity index is 783. The molecular formula is C18H18BrN3OS. The quantitative estimate of drug-likeness (QED) is 0.817. The summed E-state index contributed by atoms with van der Waals surface area (Å²) in [6.07, 6.45) is 2.92. The number of thioether (sulfide) groups is 1. The van der Waals surface area contributed by atoms with Gasteiger partial charge >= 0.3 is 0 Å². The fourth-order valence-electron chi connectivity index (χ4n) is 3.42. The highest BCUT2D eigenvalue weighted by Gasteiger charge is 2.45. The lowest BCUT2D eigenvalue weighted by Crippen LogP contribution is -2.35. The SMILES string of the molecule is CC[C@@H]1CSC2=N[C@@H](c3ccccn3)[C@@H](c3ccc(O)c(Br)c3)N21. The average molecular weight is 404 g/mol. The van der Waals surface area contributed by atoms with Crippen molar-refractivity contribution in [2.24, 2.45) is 4.99 Å². The van der Waals surface area contributed by atoms with E-state index in [-0.39, 0.29) is 17.8 Å². The third-order valence-corrected chi connectivity index (χ3v) is 6.40. The Kier molecular flexibility index (Phi) is 4.26. The molecule has 0 unspecified atom stereocenters. The first kappa shape index (κ1) is 16.0. The molecule has 2 aromatic rings. The van der Waals surface area contributed by atoms with Crippen LogP contribution in [0.3, 0.4) is 0 Å². The second kappa shape index (κ2) is 6.41. The molecule has 3 atom stereocenters. The van der Waals surface area contributed by atoms with Crippen LogP contribution >= 0.6 is 27.7 Å². The summed E-state index contributed by atoms with van der Waals surface area (Å²) >= 11 is 5.28. The van der Waals surface area contributed by atoms with E-state index in [2.05, 4.69) is 32.7 Å². The van der Waals surface area contributed by atoms with Gasteiger partial charge in [0.1, 0.15) is 11.8 Å². The van der Waals surface area contributed by atoms with Crippen molar-refractivity contribution in [3.8, 4) is 5.75 Å². The van der Waals surface area contributed by atoms with Crippen LogP contribution in [-0.4, -0.2) is 32.0 Å². The smallest absolute Gasteiger partial charge is 0.160 e. The third-order valence-electron chi connectivity index (χ3n) is 4.64. The zero-order valence-corrected chi connectivity index (χ0v) is 15.7. The van der Waals surface area contributed by atoms with Crippen LogP contribution in [0.1, 0.15) is 36.7 Å². The van der Waals surface area contributed by atoms with Crippen molar-refractivity contribution in [1.29, 1.82) is 0 Å². The Morgan fingerprint density at radius 2 is 2.21 bits per heavy atom. The molecule has 1 saturated heterocycles. The molecule has 0 radical (unpaired) electrons. The van der Waals surface area contributed by atoms with Crippen LogP contribution in [0.4, 0.5) is 0 Å². The van der Waals surface area contributed by atoms with Gasteiger partial charge in [0.05, 0.1) is 16.2 Å². The number of hydrogen-bond acceptors (Lipinski definition) is 5. The van der Waals surface area contributed by atoms with Gasteiger partial charge in [-0.2, -0.15) is 0 Å². The predicted octanol–water partition coefficient (Wildman–Crippen LogP) is 4.53. The number of hydrogen-bond donors (Lipinski definition) is 1. The monoisotopic (exact) mass is 403 g/mol.